The first kappa shape index (κ1) is 13.5. The summed E-state index contributed by atoms with van der Waals surface area (Å²) in [4.78, 5) is 2.29. The van der Waals surface area contributed by atoms with E-state index in [-0.39, 0.29) is 6.10 Å². The number of halogens is 1. The van der Waals surface area contributed by atoms with E-state index in [1.54, 1.807) is 14.2 Å². The number of ether oxygens (including phenoxy) is 3. The molecule has 18 heavy (non-hydrogen) atoms. The third-order valence-corrected chi connectivity index (χ3v) is 3.67. The predicted octanol–water partition coefficient (Wildman–Crippen LogP) is 2.69. The normalized spacial score (nSPS) is 19.8. The van der Waals surface area contributed by atoms with Crippen LogP contribution in [0.15, 0.2) is 16.6 Å². The maximum Gasteiger partial charge on any atom is 0.162 e. The van der Waals surface area contributed by atoms with E-state index in [9.17, 15) is 0 Å². The van der Waals surface area contributed by atoms with Crippen molar-refractivity contribution in [2.45, 2.75) is 13.0 Å². The van der Waals surface area contributed by atoms with E-state index in [1.165, 1.54) is 0 Å². The molecule has 1 unspecified atom stereocenters. The molecule has 0 radical (unpaired) electrons. The Kier molecular flexibility index (Phi) is 4.35. The second kappa shape index (κ2) is 5.80. The van der Waals surface area contributed by atoms with Gasteiger partial charge in [-0.1, -0.05) is 0 Å². The summed E-state index contributed by atoms with van der Waals surface area (Å²) >= 11 is 3.59. The van der Waals surface area contributed by atoms with Crippen molar-refractivity contribution < 1.29 is 14.2 Å². The van der Waals surface area contributed by atoms with Crippen molar-refractivity contribution in [3.8, 4) is 11.5 Å². The molecular formula is C13H18BrNO3. The Balaban J connectivity index is 2.32. The van der Waals surface area contributed by atoms with Crippen LogP contribution in [0.25, 0.3) is 0 Å². The zero-order valence-corrected chi connectivity index (χ0v) is 12.5. The monoisotopic (exact) mass is 315 g/mol. The molecule has 0 spiro atoms. The van der Waals surface area contributed by atoms with Gasteiger partial charge in [-0.3, -0.25) is 0 Å². The van der Waals surface area contributed by atoms with Crippen LogP contribution in [-0.2, 0) is 4.74 Å². The van der Waals surface area contributed by atoms with Gasteiger partial charge in [0, 0.05) is 29.7 Å². The van der Waals surface area contributed by atoms with Crippen molar-refractivity contribution >= 4 is 21.6 Å². The van der Waals surface area contributed by atoms with E-state index in [0.717, 1.165) is 41.4 Å². The molecule has 0 aromatic heterocycles. The second-order valence-corrected chi connectivity index (χ2v) is 5.14. The molecule has 1 aromatic rings. The van der Waals surface area contributed by atoms with Crippen molar-refractivity contribution in [3.05, 3.63) is 16.6 Å². The average molecular weight is 316 g/mol. The summed E-state index contributed by atoms with van der Waals surface area (Å²) in [6, 6.07) is 3.94. The molecule has 0 N–H and O–H groups in total. The third kappa shape index (κ3) is 2.72. The van der Waals surface area contributed by atoms with Crippen LogP contribution >= 0.6 is 15.9 Å². The van der Waals surface area contributed by atoms with Gasteiger partial charge in [-0.05, 0) is 22.9 Å². The van der Waals surface area contributed by atoms with E-state index >= 15 is 0 Å². The van der Waals surface area contributed by atoms with Crippen LogP contribution in [0.2, 0.25) is 0 Å². The van der Waals surface area contributed by atoms with Gasteiger partial charge in [0.1, 0.15) is 0 Å². The molecule has 0 bridgehead atoms. The smallest absolute Gasteiger partial charge is 0.162 e. The Morgan fingerprint density at radius 2 is 1.94 bits per heavy atom. The number of morpholine rings is 1. The molecule has 5 heteroatoms. The van der Waals surface area contributed by atoms with Gasteiger partial charge >= 0.3 is 0 Å². The highest BCUT2D eigenvalue weighted by molar-refractivity contribution is 9.10. The molecule has 0 amide bonds. The summed E-state index contributed by atoms with van der Waals surface area (Å²) in [5.41, 5.74) is 1.11. The molecule has 0 aliphatic carbocycles. The number of nitrogens with zero attached hydrogens (tertiary/aromatic N) is 1. The molecular weight excluding hydrogens is 298 g/mol. The molecule has 1 heterocycles. The number of anilines is 1. The lowest BCUT2D eigenvalue weighted by atomic mass is 10.2. The van der Waals surface area contributed by atoms with Crippen LogP contribution in [0, 0.1) is 0 Å². The standard InChI is InChI=1S/C13H18BrNO3/c1-9-8-15(4-5-18-9)11-7-13(17-3)12(16-2)6-10(11)14/h6-7,9H,4-5,8H2,1-3H3. The number of rotatable bonds is 3. The Bertz CT molecular complexity index is 425. The molecule has 1 aromatic carbocycles. The van der Waals surface area contributed by atoms with Gasteiger partial charge in [-0.2, -0.15) is 0 Å². The Hall–Kier alpha value is -0.940. The molecule has 1 saturated heterocycles. The molecule has 4 nitrogen and oxygen atoms in total. The van der Waals surface area contributed by atoms with Gasteiger partial charge < -0.3 is 19.1 Å². The molecule has 100 valence electrons. The predicted molar refractivity (Wildman–Crippen MR) is 74.9 cm³/mol. The van der Waals surface area contributed by atoms with Gasteiger partial charge in [-0.15, -0.1) is 0 Å². The number of hydrogen-bond donors (Lipinski definition) is 0. The van der Waals surface area contributed by atoms with Crippen molar-refractivity contribution in [2.75, 3.05) is 38.8 Å². The van der Waals surface area contributed by atoms with Gasteiger partial charge in [0.2, 0.25) is 0 Å². The Labute approximate surface area is 116 Å². The molecule has 1 aliphatic heterocycles. The highest BCUT2D eigenvalue weighted by Gasteiger charge is 2.20. The first-order chi connectivity index (χ1) is 8.65. The highest BCUT2D eigenvalue weighted by Crippen LogP contribution is 2.38. The molecule has 0 saturated carbocycles. The molecule has 1 aliphatic rings. The van der Waals surface area contributed by atoms with Gasteiger partial charge in [0.15, 0.2) is 11.5 Å². The fraction of sp³-hybridized carbons (Fsp3) is 0.538. The SMILES string of the molecule is COc1cc(Br)c(N2CCOC(C)C2)cc1OC. The Morgan fingerprint density at radius 3 is 2.56 bits per heavy atom. The van der Waals surface area contributed by atoms with Gasteiger partial charge in [0.05, 0.1) is 32.6 Å². The Morgan fingerprint density at radius 1 is 1.28 bits per heavy atom. The second-order valence-electron chi connectivity index (χ2n) is 4.29. The molecule has 2 rings (SSSR count). The zero-order valence-electron chi connectivity index (χ0n) is 10.9. The minimum Gasteiger partial charge on any atom is -0.493 e. The van der Waals surface area contributed by atoms with Crippen LogP contribution in [0.1, 0.15) is 6.92 Å². The van der Waals surface area contributed by atoms with Crippen molar-refractivity contribution in [2.24, 2.45) is 0 Å². The van der Waals surface area contributed by atoms with Crippen LogP contribution in [0.5, 0.6) is 11.5 Å². The van der Waals surface area contributed by atoms with Gasteiger partial charge in [0.25, 0.3) is 0 Å². The highest BCUT2D eigenvalue weighted by atomic mass is 79.9. The summed E-state index contributed by atoms with van der Waals surface area (Å²) in [6.07, 6.45) is 0.249. The lowest BCUT2D eigenvalue weighted by molar-refractivity contribution is 0.0531. The topological polar surface area (TPSA) is 30.9 Å². The van der Waals surface area contributed by atoms with Crippen LogP contribution < -0.4 is 14.4 Å². The minimum absolute atomic E-state index is 0.249. The van der Waals surface area contributed by atoms with Crippen LogP contribution in [0.3, 0.4) is 0 Å². The number of hydrogen-bond acceptors (Lipinski definition) is 4. The van der Waals surface area contributed by atoms with E-state index in [2.05, 4.69) is 27.8 Å². The van der Waals surface area contributed by atoms with Crippen LogP contribution in [-0.4, -0.2) is 40.0 Å². The maximum atomic E-state index is 5.56. The fourth-order valence-electron chi connectivity index (χ4n) is 2.12. The quantitative estimate of drug-likeness (QED) is 0.858. The van der Waals surface area contributed by atoms with Crippen molar-refractivity contribution in [1.82, 2.24) is 0 Å². The summed E-state index contributed by atoms with van der Waals surface area (Å²) in [5, 5.41) is 0. The summed E-state index contributed by atoms with van der Waals surface area (Å²) in [5.74, 6) is 1.48. The minimum atomic E-state index is 0.249. The van der Waals surface area contributed by atoms with E-state index in [4.69, 9.17) is 14.2 Å². The summed E-state index contributed by atoms with van der Waals surface area (Å²) in [6.45, 7) is 4.61. The lowest BCUT2D eigenvalue weighted by Gasteiger charge is -2.33. The van der Waals surface area contributed by atoms with Crippen molar-refractivity contribution in [1.29, 1.82) is 0 Å². The fourth-order valence-corrected chi connectivity index (χ4v) is 2.70. The summed E-state index contributed by atoms with van der Waals surface area (Å²) in [7, 11) is 3.29. The van der Waals surface area contributed by atoms with E-state index in [1.807, 2.05) is 12.1 Å². The molecule has 1 atom stereocenters. The zero-order chi connectivity index (χ0) is 13.1. The van der Waals surface area contributed by atoms with E-state index in [0.29, 0.717) is 0 Å². The first-order valence-corrected chi connectivity index (χ1v) is 6.73. The third-order valence-electron chi connectivity index (χ3n) is 3.03. The number of benzene rings is 1. The average Bonchev–Trinajstić information content (AvgIpc) is 2.38. The van der Waals surface area contributed by atoms with Crippen molar-refractivity contribution in [3.63, 3.8) is 0 Å². The largest absolute Gasteiger partial charge is 0.493 e. The number of methoxy groups -OCH3 is 2. The first-order valence-electron chi connectivity index (χ1n) is 5.93. The van der Waals surface area contributed by atoms with E-state index < -0.39 is 0 Å². The summed E-state index contributed by atoms with van der Waals surface area (Å²) < 4.78 is 17.2. The van der Waals surface area contributed by atoms with Gasteiger partial charge in [-0.25, -0.2) is 0 Å². The molecule has 1 fully saturated rings. The lowest BCUT2D eigenvalue weighted by Crippen LogP contribution is -2.41. The maximum absolute atomic E-state index is 5.56. The van der Waals surface area contributed by atoms with Crippen LogP contribution in [0.4, 0.5) is 5.69 Å².